The summed E-state index contributed by atoms with van der Waals surface area (Å²) < 4.78 is 6.90. The molecule has 1 N–H and O–H groups in total. The fourth-order valence-electron chi connectivity index (χ4n) is 5.48. The number of carbonyl (C=O) groups is 2. The number of nitrogens with zero attached hydrogens (tertiary/aromatic N) is 1. The molecule has 0 spiro atoms. The topological polar surface area (TPSA) is 58.6 Å². The van der Waals surface area contributed by atoms with Crippen LogP contribution in [0.5, 0.6) is 5.75 Å². The molecule has 0 heterocycles. The molecule has 40 heavy (non-hydrogen) atoms. The third-order valence-corrected chi connectivity index (χ3v) is 8.41. The minimum Gasteiger partial charge on any atom is -0.483 e. The molecule has 5 rings (SSSR count). The highest BCUT2D eigenvalue weighted by Crippen LogP contribution is 2.33. The van der Waals surface area contributed by atoms with Crippen LogP contribution in [-0.4, -0.2) is 35.4 Å². The Morgan fingerprint density at radius 3 is 2.42 bits per heavy atom. The predicted octanol–water partition coefficient (Wildman–Crippen LogP) is 6.99. The van der Waals surface area contributed by atoms with E-state index in [2.05, 4.69) is 27.3 Å². The Balaban J connectivity index is 1.43. The van der Waals surface area contributed by atoms with E-state index < -0.39 is 6.04 Å². The van der Waals surface area contributed by atoms with Gasteiger partial charge in [0.15, 0.2) is 6.61 Å². The third-order valence-electron chi connectivity index (χ3n) is 7.59. The van der Waals surface area contributed by atoms with Gasteiger partial charge in [-0.2, -0.15) is 0 Å². The van der Waals surface area contributed by atoms with Crippen LogP contribution >= 0.6 is 15.9 Å². The Morgan fingerprint density at radius 1 is 0.925 bits per heavy atom. The van der Waals surface area contributed by atoms with Gasteiger partial charge in [-0.15, -0.1) is 0 Å². The number of nitrogens with one attached hydrogen (secondary N) is 1. The second kappa shape index (κ2) is 13.1. The number of aryl methyl sites for hydroxylation is 1. The molecule has 206 valence electrons. The smallest absolute Gasteiger partial charge is 0.261 e. The summed E-state index contributed by atoms with van der Waals surface area (Å²) in [5.74, 6) is 0.255. The molecule has 1 saturated carbocycles. The van der Waals surface area contributed by atoms with E-state index in [0.29, 0.717) is 18.7 Å². The first-order valence-corrected chi connectivity index (χ1v) is 14.8. The van der Waals surface area contributed by atoms with E-state index in [0.717, 1.165) is 57.6 Å². The van der Waals surface area contributed by atoms with E-state index in [9.17, 15) is 9.59 Å². The van der Waals surface area contributed by atoms with E-state index in [1.807, 2.05) is 91.9 Å². The Hall–Kier alpha value is -3.64. The molecule has 1 atom stereocenters. The zero-order chi connectivity index (χ0) is 27.9. The van der Waals surface area contributed by atoms with Gasteiger partial charge in [-0.3, -0.25) is 9.59 Å². The van der Waals surface area contributed by atoms with Crippen LogP contribution in [0.15, 0.2) is 95.5 Å². The summed E-state index contributed by atoms with van der Waals surface area (Å²) in [5.41, 5.74) is 3.09. The van der Waals surface area contributed by atoms with E-state index >= 15 is 0 Å². The zero-order valence-corrected chi connectivity index (χ0v) is 24.4. The van der Waals surface area contributed by atoms with Crippen molar-refractivity contribution in [3.63, 3.8) is 0 Å². The molecular weight excluding hydrogens is 564 g/mol. The van der Waals surface area contributed by atoms with Gasteiger partial charge in [0, 0.05) is 19.0 Å². The molecule has 1 fully saturated rings. The van der Waals surface area contributed by atoms with Crippen molar-refractivity contribution in [1.29, 1.82) is 0 Å². The van der Waals surface area contributed by atoms with Crippen LogP contribution in [0.1, 0.15) is 42.4 Å². The molecule has 6 heteroatoms. The maximum Gasteiger partial charge on any atom is 0.261 e. The molecule has 4 aromatic rings. The van der Waals surface area contributed by atoms with Crippen molar-refractivity contribution in [2.75, 3.05) is 6.61 Å². The fourth-order valence-corrected chi connectivity index (χ4v) is 6.08. The van der Waals surface area contributed by atoms with Crippen LogP contribution in [0.4, 0.5) is 0 Å². The van der Waals surface area contributed by atoms with Crippen LogP contribution in [0.3, 0.4) is 0 Å². The Bertz CT molecular complexity index is 1470. The highest BCUT2D eigenvalue weighted by molar-refractivity contribution is 9.10. The normalized spacial score (nSPS) is 14.2. The first kappa shape index (κ1) is 27.9. The number of rotatable bonds is 10. The molecule has 0 saturated heterocycles. The largest absolute Gasteiger partial charge is 0.483 e. The van der Waals surface area contributed by atoms with Crippen molar-refractivity contribution in [3.8, 4) is 5.75 Å². The number of hydrogen-bond donors (Lipinski definition) is 1. The summed E-state index contributed by atoms with van der Waals surface area (Å²) in [7, 11) is 0. The lowest BCUT2D eigenvalue weighted by Gasteiger charge is -2.32. The van der Waals surface area contributed by atoms with Gasteiger partial charge in [0.05, 0.1) is 4.47 Å². The average Bonchev–Trinajstić information content (AvgIpc) is 3.48. The highest BCUT2D eigenvalue weighted by Gasteiger charge is 2.32. The SMILES string of the molecule is Cc1cccc(CN(C(=O)COc2ccc3ccccc3c2Br)C(Cc2ccccc2)C(=O)NC2CCCC2)c1. The summed E-state index contributed by atoms with van der Waals surface area (Å²) in [6, 6.07) is 29.4. The van der Waals surface area contributed by atoms with E-state index in [-0.39, 0.29) is 24.5 Å². The molecule has 4 aromatic carbocycles. The minimum absolute atomic E-state index is 0.108. The quantitative estimate of drug-likeness (QED) is 0.214. The van der Waals surface area contributed by atoms with Crippen LogP contribution in [0.25, 0.3) is 10.8 Å². The van der Waals surface area contributed by atoms with Crippen LogP contribution in [0, 0.1) is 6.92 Å². The summed E-state index contributed by atoms with van der Waals surface area (Å²) in [6.45, 7) is 2.17. The number of ether oxygens (including phenoxy) is 1. The second-order valence-electron chi connectivity index (χ2n) is 10.6. The van der Waals surface area contributed by atoms with Gasteiger partial charge >= 0.3 is 0 Å². The van der Waals surface area contributed by atoms with Crippen molar-refractivity contribution in [2.45, 2.75) is 57.7 Å². The van der Waals surface area contributed by atoms with Crippen LogP contribution < -0.4 is 10.1 Å². The number of halogens is 1. The molecule has 0 radical (unpaired) electrons. The first-order valence-electron chi connectivity index (χ1n) is 14.0. The van der Waals surface area contributed by atoms with E-state index in [1.165, 1.54) is 0 Å². The maximum atomic E-state index is 14.0. The van der Waals surface area contributed by atoms with Gasteiger partial charge < -0.3 is 15.0 Å². The van der Waals surface area contributed by atoms with Gasteiger partial charge in [-0.25, -0.2) is 0 Å². The summed E-state index contributed by atoms with van der Waals surface area (Å²) in [5, 5.41) is 5.35. The van der Waals surface area contributed by atoms with Gasteiger partial charge in [0.25, 0.3) is 5.91 Å². The number of fused-ring (bicyclic) bond motifs is 1. The predicted molar refractivity (Wildman–Crippen MR) is 163 cm³/mol. The van der Waals surface area contributed by atoms with E-state index in [4.69, 9.17) is 4.74 Å². The lowest BCUT2D eigenvalue weighted by molar-refractivity contribution is -0.143. The minimum atomic E-state index is -0.667. The standard InChI is InChI=1S/C34H35BrN2O3/c1-24-10-9-13-26(20-24)22-37(32(38)23-40-31-19-18-27-14-5-8-17-29(27)33(31)35)30(21-25-11-3-2-4-12-25)34(39)36-28-15-6-7-16-28/h2-5,8-14,17-20,28,30H,6-7,15-16,21-23H2,1H3,(H,36,39). The Labute approximate surface area is 244 Å². The summed E-state index contributed by atoms with van der Waals surface area (Å²) >= 11 is 3.66. The van der Waals surface area contributed by atoms with Gasteiger partial charge in [0.1, 0.15) is 11.8 Å². The van der Waals surface area contributed by atoms with Crippen molar-refractivity contribution in [3.05, 3.63) is 112 Å². The fraction of sp³-hybridized carbons (Fsp3) is 0.294. The molecule has 5 nitrogen and oxygen atoms in total. The molecule has 1 aliphatic rings. The monoisotopic (exact) mass is 598 g/mol. The molecule has 1 aliphatic carbocycles. The Kier molecular flexibility index (Phi) is 9.17. The average molecular weight is 600 g/mol. The lowest BCUT2D eigenvalue weighted by Crippen LogP contribution is -2.53. The first-order chi connectivity index (χ1) is 19.5. The lowest BCUT2D eigenvalue weighted by atomic mass is 10.0. The summed E-state index contributed by atoms with van der Waals surface area (Å²) in [4.78, 5) is 29.5. The number of amides is 2. The van der Waals surface area contributed by atoms with Crippen molar-refractivity contribution < 1.29 is 14.3 Å². The molecule has 0 bridgehead atoms. The number of benzene rings is 4. The number of carbonyl (C=O) groups excluding carboxylic acids is 2. The molecular formula is C34H35BrN2O3. The molecule has 0 aliphatic heterocycles. The van der Waals surface area contributed by atoms with Crippen molar-refractivity contribution in [1.82, 2.24) is 10.2 Å². The maximum absolute atomic E-state index is 14.0. The Morgan fingerprint density at radius 2 is 1.65 bits per heavy atom. The summed E-state index contributed by atoms with van der Waals surface area (Å²) in [6.07, 6.45) is 4.63. The van der Waals surface area contributed by atoms with Crippen LogP contribution in [-0.2, 0) is 22.6 Å². The van der Waals surface area contributed by atoms with Gasteiger partial charge in [-0.05, 0) is 63.7 Å². The second-order valence-corrected chi connectivity index (χ2v) is 11.4. The highest BCUT2D eigenvalue weighted by atomic mass is 79.9. The third kappa shape index (κ3) is 6.92. The van der Waals surface area contributed by atoms with Gasteiger partial charge in [-0.1, -0.05) is 103 Å². The van der Waals surface area contributed by atoms with E-state index in [1.54, 1.807) is 4.90 Å². The molecule has 2 amide bonds. The molecule has 0 aromatic heterocycles. The zero-order valence-electron chi connectivity index (χ0n) is 22.8. The van der Waals surface area contributed by atoms with Crippen LogP contribution in [0.2, 0.25) is 0 Å². The van der Waals surface area contributed by atoms with Crippen molar-refractivity contribution in [2.24, 2.45) is 0 Å². The van der Waals surface area contributed by atoms with Crippen molar-refractivity contribution >= 4 is 38.5 Å². The number of hydrogen-bond acceptors (Lipinski definition) is 3. The van der Waals surface area contributed by atoms with Gasteiger partial charge in [0.2, 0.25) is 5.91 Å². The molecule has 1 unspecified atom stereocenters.